The van der Waals surface area contributed by atoms with E-state index in [2.05, 4.69) is 216 Å². The Morgan fingerprint density at radius 1 is 0.356 bits per heavy atom. The predicted octanol–water partition coefficient (Wildman–Crippen LogP) is 15.1. The molecule has 4 heteroatoms. The van der Waals surface area contributed by atoms with Gasteiger partial charge < -0.3 is 9.32 Å². The molecule has 0 aliphatic rings. The van der Waals surface area contributed by atoms with Crippen molar-refractivity contribution in [2.24, 2.45) is 0 Å². The number of para-hydroxylation sites is 2. The second-order valence-electron chi connectivity index (χ2n) is 14.8. The summed E-state index contributed by atoms with van der Waals surface area (Å²) in [5.41, 5.74) is 16.1. The number of benzene rings is 9. The number of rotatable bonds is 8. The second kappa shape index (κ2) is 14.5. The van der Waals surface area contributed by atoms with Gasteiger partial charge in [0.05, 0.1) is 11.0 Å². The maximum Gasteiger partial charge on any atom is 0.145 e. The molecule has 0 spiro atoms. The highest BCUT2D eigenvalue weighted by Crippen LogP contribution is 2.40. The van der Waals surface area contributed by atoms with Crippen LogP contribution in [0, 0.1) is 0 Å². The van der Waals surface area contributed by atoms with E-state index in [1.807, 2.05) is 18.2 Å². The van der Waals surface area contributed by atoms with Crippen molar-refractivity contribution in [2.45, 2.75) is 0 Å². The lowest BCUT2D eigenvalue weighted by Crippen LogP contribution is -2.09. The average molecular weight is 756 g/mol. The van der Waals surface area contributed by atoms with Crippen molar-refractivity contribution in [3.05, 3.63) is 224 Å². The van der Waals surface area contributed by atoms with Crippen LogP contribution in [0.4, 0.5) is 17.1 Å². The van der Waals surface area contributed by atoms with Crippen LogP contribution >= 0.6 is 0 Å². The molecule has 4 nitrogen and oxygen atoms in total. The van der Waals surface area contributed by atoms with Gasteiger partial charge in [0.1, 0.15) is 17.0 Å². The van der Waals surface area contributed by atoms with E-state index in [0.29, 0.717) is 0 Å². The van der Waals surface area contributed by atoms with Gasteiger partial charge in [0, 0.05) is 45.2 Å². The maximum atomic E-state index is 6.36. The van der Waals surface area contributed by atoms with E-state index in [-0.39, 0.29) is 0 Å². The number of anilines is 3. The van der Waals surface area contributed by atoms with Gasteiger partial charge in [0.2, 0.25) is 0 Å². The zero-order valence-electron chi connectivity index (χ0n) is 32.1. The lowest BCUT2D eigenvalue weighted by atomic mass is 9.98. The van der Waals surface area contributed by atoms with Gasteiger partial charge in [0.15, 0.2) is 0 Å². The zero-order valence-corrected chi connectivity index (χ0v) is 32.1. The Balaban J connectivity index is 0.962. The van der Waals surface area contributed by atoms with Crippen molar-refractivity contribution in [3.63, 3.8) is 0 Å². The van der Waals surface area contributed by atoms with Crippen LogP contribution in [0.5, 0.6) is 0 Å². The zero-order chi connectivity index (χ0) is 39.1. The van der Waals surface area contributed by atoms with Crippen LogP contribution in [0.15, 0.2) is 229 Å². The summed E-state index contributed by atoms with van der Waals surface area (Å²) in [5.74, 6) is 0.927. The van der Waals surface area contributed by atoms with Gasteiger partial charge in [-0.15, -0.1) is 0 Å². The van der Waals surface area contributed by atoms with E-state index in [1.165, 1.54) is 11.1 Å². The number of hydrogen-bond donors (Lipinski definition) is 0. The van der Waals surface area contributed by atoms with Crippen molar-refractivity contribution in [1.29, 1.82) is 0 Å². The highest BCUT2D eigenvalue weighted by molar-refractivity contribution is 6.06. The number of furan rings is 1. The third-order valence-corrected chi connectivity index (χ3v) is 11.2. The molecular formula is C55H37N3O. The van der Waals surface area contributed by atoms with Crippen LogP contribution in [-0.2, 0) is 0 Å². The first-order valence-corrected chi connectivity index (χ1v) is 19.9. The standard InChI is InChI=1S/C55H37N3O/c1-4-13-38(14-5-1)39-23-28-46(29-24-39)57(48-32-33-50-49-21-10-11-22-53(49)59-54(50)37-48)47-30-25-40(26-31-47)42-17-12-18-43(35-42)44-27-34-51-52(36-44)58(45-19-8-3-9-20-45)55(56-51)41-15-6-2-7-16-41/h1-37H. The fourth-order valence-corrected chi connectivity index (χ4v) is 8.29. The van der Waals surface area contributed by atoms with Crippen LogP contribution in [0.2, 0.25) is 0 Å². The lowest BCUT2D eigenvalue weighted by molar-refractivity contribution is 0.669. The van der Waals surface area contributed by atoms with Crippen LogP contribution in [0.25, 0.3) is 83.4 Å². The summed E-state index contributed by atoms with van der Waals surface area (Å²) < 4.78 is 8.63. The monoisotopic (exact) mass is 755 g/mol. The Morgan fingerprint density at radius 3 is 1.58 bits per heavy atom. The number of hydrogen-bond acceptors (Lipinski definition) is 3. The average Bonchev–Trinajstić information content (AvgIpc) is 3.89. The number of imidazole rings is 1. The minimum atomic E-state index is 0.865. The third-order valence-electron chi connectivity index (χ3n) is 11.2. The van der Waals surface area contributed by atoms with Gasteiger partial charge >= 0.3 is 0 Å². The first kappa shape index (κ1) is 34.3. The largest absolute Gasteiger partial charge is 0.456 e. The van der Waals surface area contributed by atoms with Crippen LogP contribution in [0.1, 0.15) is 0 Å². The number of aromatic nitrogens is 2. The minimum Gasteiger partial charge on any atom is -0.456 e. The minimum absolute atomic E-state index is 0.865. The third kappa shape index (κ3) is 6.34. The molecule has 0 amide bonds. The van der Waals surface area contributed by atoms with Crippen molar-refractivity contribution in [2.75, 3.05) is 4.90 Å². The quantitative estimate of drug-likeness (QED) is 0.155. The topological polar surface area (TPSA) is 34.2 Å². The Hall–Kier alpha value is -7.95. The molecule has 0 fully saturated rings. The first-order valence-electron chi connectivity index (χ1n) is 19.9. The summed E-state index contributed by atoms with van der Waals surface area (Å²) in [7, 11) is 0. The van der Waals surface area contributed by atoms with Gasteiger partial charge in [0.25, 0.3) is 0 Å². The van der Waals surface area contributed by atoms with Crippen LogP contribution in [-0.4, -0.2) is 9.55 Å². The molecule has 2 aromatic heterocycles. The summed E-state index contributed by atoms with van der Waals surface area (Å²) in [6, 6.07) is 79.2. The molecule has 59 heavy (non-hydrogen) atoms. The Kier molecular flexibility index (Phi) is 8.45. The second-order valence-corrected chi connectivity index (χ2v) is 14.8. The van der Waals surface area contributed by atoms with E-state index in [4.69, 9.17) is 9.40 Å². The van der Waals surface area contributed by atoms with Crippen LogP contribution in [0.3, 0.4) is 0 Å². The summed E-state index contributed by atoms with van der Waals surface area (Å²) in [5, 5.41) is 2.23. The molecule has 2 heterocycles. The van der Waals surface area contributed by atoms with Gasteiger partial charge in [-0.2, -0.15) is 0 Å². The van der Waals surface area contributed by atoms with E-state index < -0.39 is 0 Å². The Bertz CT molecular complexity index is 3240. The van der Waals surface area contributed by atoms with Crippen molar-refractivity contribution < 1.29 is 4.42 Å². The molecule has 0 unspecified atom stereocenters. The predicted molar refractivity (Wildman–Crippen MR) is 245 cm³/mol. The fourth-order valence-electron chi connectivity index (χ4n) is 8.29. The molecule has 9 aromatic carbocycles. The molecule has 0 bridgehead atoms. The summed E-state index contributed by atoms with van der Waals surface area (Å²) in [4.78, 5) is 7.42. The molecule has 0 saturated carbocycles. The molecule has 0 saturated heterocycles. The Labute approximate surface area is 342 Å². The van der Waals surface area contributed by atoms with E-state index in [9.17, 15) is 0 Å². The van der Waals surface area contributed by atoms with Gasteiger partial charge in [-0.3, -0.25) is 4.57 Å². The normalized spacial score (nSPS) is 11.4. The van der Waals surface area contributed by atoms with E-state index in [0.717, 1.165) is 89.4 Å². The molecule has 11 rings (SSSR count). The van der Waals surface area contributed by atoms with Crippen LogP contribution < -0.4 is 4.90 Å². The molecule has 0 radical (unpaired) electrons. The summed E-state index contributed by atoms with van der Waals surface area (Å²) in [6.07, 6.45) is 0. The van der Waals surface area contributed by atoms with Gasteiger partial charge in [-0.05, 0) is 106 Å². The molecule has 0 atom stereocenters. The SMILES string of the molecule is c1ccc(-c2ccc(N(c3ccc(-c4cccc(-c5ccc6nc(-c7ccccc7)n(-c7ccccc7)c6c5)c4)cc3)c3ccc4c(c3)oc3ccccc34)cc2)cc1. The summed E-state index contributed by atoms with van der Waals surface area (Å²) >= 11 is 0. The molecule has 11 aromatic rings. The Morgan fingerprint density at radius 2 is 0.864 bits per heavy atom. The maximum absolute atomic E-state index is 6.36. The number of nitrogens with zero attached hydrogens (tertiary/aromatic N) is 3. The van der Waals surface area contributed by atoms with Crippen molar-refractivity contribution in [1.82, 2.24) is 9.55 Å². The lowest BCUT2D eigenvalue weighted by Gasteiger charge is -2.26. The van der Waals surface area contributed by atoms with Crippen molar-refractivity contribution >= 4 is 50.0 Å². The first-order chi connectivity index (χ1) is 29.2. The molecular weight excluding hydrogens is 719 g/mol. The molecule has 0 aliphatic heterocycles. The van der Waals surface area contributed by atoms with Crippen molar-refractivity contribution in [3.8, 4) is 50.5 Å². The fraction of sp³-hybridized carbons (Fsp3) is 0. The highest BCUT2D eigenvalue weighted by Gasteiger charge is 2.18. The summed E-state index contributed by atoms with van der Waals surface area (Å²) in [6.45, 7) is 0. The van der Waals surface area contributed by atoms with E-state index >= 15 is 0 Å². The molecule has 278 valence electrons. The highest BCUT2D eigenvalue weighted by atomic mass is 16.3. The van der Waals surface area contributed by atoms with Gasteiger partial charge in [-0.25, -0.2) is 4.98 Å². The molecule has 0 aliphatic carbocycles. The van der Waals surface area contributed by atoms with E-state index in [1.54, 1.807) is 0 Å². The van der Waals surface area contributed by atoms with Gasteiger partial charge in [-0.1, -0.05) is 146 Å². The molecule has 0 N–H and O–H groups in total. The number of fused-ring (bicyclic) bond motifs is 4. The smallest absolute Gasteiger partial charge is 0.145 e.